The van der Waals surface area contributed by atoms with Gasteiger partial charge in [-0.15, -0.1) is 0 Å². The predicted octanol–water partition coefficient (Wildman–Crippen LogP) is 3.37. The Morgan fingerprint density at radius 3 is 2.61 bits per heavy atom. The van der Waals surface area contributed by atoms with E-state index in [4.69, 9.17) is 14.6 Å². The highest BCUT2D eigenvalue weighted by atomic mass is 16.5. The molecule has 160 valence electrons. The molecule has 0 unspecified atom stereocenters. The molecule has 4 aromatic rings. The molecule has 0 spiro atoms. The van der Waals surface area contributed by atoms with Crippen LogP contribution in [0.25, 0.3) is 16.7 Å². The van der Waals surface area contributed by atoms with Crippen LogP contribution < -0.4 is 20.1 Å². The van der Waals surface area contributed by atoms with Crippen LogP contribution in [-0.4, -0.2) is 52.2 Å². The zero-order chi connectivity index (χ0) is 21.6. The lowest BCUT2D eigenvalue weighted by atomic mass is 10.2. The van der Waals surface area contributed by atoms with Crippen LogP contribution in [0.4, 0.5) is 17.5 Å². The molecule has 0 saturated heterocycles. The molecule has 4 rings (SSSR count). The summed E-state index contributed by atoms with van der Waals surface area (Å²) in [4.78, 5) is 9.30. The number of ether oxygens (including phenoxy) is 2. The highest BCUT2D eigenvalue weighted by Gasteiger charge is 2.16. The zero-order valence-electron chi connectivity index (χ0n) is 17.4. The lowest BCUT2D eigenvalue weighted by molar-refractivity contribution is 0.292. The molecular weight excluding hydrogens is 396 g/mol. The standard InChI is InChI=1S/C22H24N6O3/c1-30-16-9-10-19(31-2)18(13-16)25-20-17-14-24-28(15-7-4-3-5-8-15)21(17)27-22(26-20)23-11-6-12-29/h3-5,7-10,13-14,29H,6,11-12H2,1-2H3,(H2,23,25,26,27). The van der Waals surface area contributed by atoms with Gasteiger partial charge in [-0.2, -0.15) is 15.1 Å². The van der Waals surface area contributed by atoms with E-state index in [1.165, 1.54) is 0 Å². The largest absolute Gasteiger partial charge is 0.497 e. The molecular formula is C22H24N6O3. The summed E-state index contributed by atoms with van der Waals surface area (Å²) >= 11 is 0. The predicted molar refractivity (Wildman–Crippen MR) is 120 cm³/mol. The molecule has 31 heavy (non-hydrogen) atoms. The number of hydrogen-bond donors (Lipinski definition) is 3. The first kappa shape index (κ1) is 20.4. The number of aromatic nitrogens is 4. The third-order valence-corrected chi connectivity index (χ3v) is 4.71. The summed E-state index contributed by atoms with van der Waals surface area (Å²) in [6.45, 7) is 0.632. The second-order valence-corrected chi connectivity index (χ2v) is 6.72. The van der Waals surface area contributed by atoms with Gasteiger partial charge in [0.05, 0.1) is 37.2 Å². The minimum absolute atomic E-state index is 0.0866. The number of benzene rings is 2. The molecule has 2 heterocycles. The second kappa shape index (κ2) is 9.31. The van der Waals surface area contributed by atoms with Gasteiger partial charge in [-0.3, -0.25) is 0 Å². The zero-order valence-corrected chi connectivity index (χ0v) is 17.4. The van der Waals surface area contributed by atoms with E-state index in [9.17, 15) is 0 Å². The molecule has 9 nitrogen and oxygen atoms in total. The SMILES string of the molecule is COc1ccc(OC)c(Nc2nc(NCCCO)nc3c2cnn3-c2ccccc2)c1. The fraction of sp³-hybridized carbons (Fsp3) is 0.227. The molecule has 0 aliphatic heterocycles. The Balaban J connectivity index is 1.81. The van der Waals surface area contributed by atoms with Crippen molar-refractivity contribution in [3.8, 4) is 17.2 Å². The maximum absolute atomic E-state index is 9.10. The van der Waals surface area contributed by atoms with Gasteiger partial charge in [0.1, 0.15) is 17.3 Å². The van der Waals surface area contributed by atoms with Gasteiger partial charge in [-0.1, -0.05) is 18.2 Å². The van der Waals surface area contributed by atoms with E-state index in [0.29, 0.717) is 47.6 Å². The number of rotatable bonds is 9. The van der Waals surface area contributed by atoms with E-state index in [-0.39, 0.29) is 6.61 Å². The molecule has 0 radical (unpaired) electrons. The highest BCUT2D eigenvalue weighted by molar-refractivity contribution is 5.91. The van der Waals surface area contributed by atoms with Gasteiger partial charge in [0.15, 0.2) is 5.65 Å². The smallest absolute Gasteiger partial charge is 0.226 e. The number of anilines is 3. The number of hydrogen-bond acceptors (Lipinski definition) is 8. The van der Waals surface area contributed by atoms with Crippen LogP contribution >= 0.6 is 0 Å². The van der Waals surface area contributed by atoms with Crippen molar-refractivity contribution >= 4 is 28.5 Å². The second-order valence-electron chi connectivity index (χ2n) is 6.72. The van der Waals surface area contributed by atoms with Crippen LogP contribution in [0.1, 0.15) is 6.42 Å². The van der Waals surface area contributed by atoms with E-state index in [2.05, 4.69) is 25.7 Å². The van der Waals surface area contributed by atoms with Crippen LogP contribution in [0, 0.1) is 0 Å². The Morgan fingerprint density at radius 1 is 1.03 bits per heavy atom. The van der Waals surface area contributed by atoms with Crippen molar-refractivity contribution < 1.29 is 14.6 Å². The number of methoxy groups -OCH3 is 2. The first-order chi connectivity index (χ1) is 15.2. The summed E-state index contributed by atoms with van der Waals surface area (Å²) < 4.78 is 12.6. The minimum Gasteiger partial charge on any atom is -0.497 e. The van der Waals surface area contributed by atoms with Crippen molar-refractivity contribution in [3.63, 3.8) is 0 Å². The van der Waals surface area contributed by atoms with Crippen molar-refractivity contribution in [1.29, 1.82) is 0 Å². The Kier molecular flexibility index (Phi) is 6.13. The van der Waals surface area contributed by atoms with Crippen molar-refractivity contribution in [2.75, 3.05) is 38.0 Å². The molecule has 0 bridgehead atoms. The maximum atomic E-state index is 9.10. The number of para-hydroxylation sites is 1. The quantitative estimate of drug-likeness (QED) is 0.354. The fourth-order valence-corrected chi connectivity index (χ4v) is 3.16. The summed E-state index contributed by atoms with van der Waals surface area (Å²) in [5, 5.41) is 20.9. The molecule has 2 aromatic carbocycles. The highest BCUT2D eigenvalue weighted by Crippen LogP contribution is 2.33. The van der Waals surface area contributed by atoms with E-state index < -0.39 is 0 Å². The third kappa shape index (κ3) is 4.36. The van der Waals surface area contributed by atoms with Gasteiger partial charge in [0.25, 0.3) is 0 Å². The average Bonchev–Trinajstić information content (AvgIpc) is 3.24. The first-order valence-corrected chi connectivity index (χ1v) is 9.88. The molecule has 9 heteroatoms. The molecule has 0 atom stereocenters. The van der Waals surface area contributed by atoms with Crippen molar-refractivity contribution in [2.45, 2.75) is 6.42 Å². The topological polar surface area (TPSA) is 106 Å². The van der Waals surface area contributed by atoms with Gasteiger partial charge in [0.2, 0.25) is 5.95 Å². The van der Waals surface area contributed by atoms with Crippen LogP contribution in [-0.2, 0) is 0 Å². The van der Waals surface area contributed by atoms with E-state index in [1.807, 2.05) is 48.5 Å². The number of nitrogens with zero attached hydrogens (tertiary/aromatic N) is 4. The van der Waals surface area contributed by atoms with Crippen LogP contribution in [0.3, 0.4) is 0 Å². The van der Waals surface area contributed by atoms with Crippen LogP contribution in [0.15, 0.2) is 54.7 Å². The molecule has 0 saturated carbocycles. The number of aliphatic hydroxyl groups is 1. The number of nitrogens with one attached hydrogen (secondary N) is 2. The van der Waals surface area contributed by atoms with E-state index >= 15 is 0 Å². The van der Waals surface area contributed by atoms with Gasteiger partial charge in [-0.05, 0) is 30.7 Å². The molecule has 3 N–H and O–H groups in total. The van der Waals surface area contributed by atoms with Gasteiger partial charge >= 0.3 is 0 Å². The molecule has 0 aliphatic carbocycles. The summed E-state index contributed by atoms with van der Waals surface area (Å²) in [6, 6.07) is 15.3. The fourth-order valence-electron chi connectivity index (χ4n) is 3.16. The normalized spacial score (nSPS) is 10.8. The molecule has 0 aliphatic rings. The number of fused-ring (bicyclic) bond motifs is 1. The van der Waals surface area contributed by atoms with Crippen molar-refractivity contribution in [2.24, 2.45) is 0 Å². The Hall–Kier alpha value is -3.85. The van der Waals surface area contributed by atoms with Gasteiger partial charge in [0, 0.05) is 19.2 Å². The minimum atomic E-state index is 0.0866. The Bertz CT molecular complexity index is 1160. The summed E-state index contributed by atoms with van der Waals surface area (Å²) in [7, 11) is 3.22. The number of aliphatic hydroxyl groups excluding tert-OH is 1. The Morgan fingerprint density at radius 2 is 1.87 bits per heavy atom. The van der Waals surface area contributed by atoms with Crippen LogP contribution in [0.2, 0.25) is 0 Å². The third-order valence-electron chi connectivity index (χ3n) is 4.71. The molecule has 0 fully saturated rings. The van der Waals surface area contributed by atoms with Crippen molar-refractivity contribution in [3.05, 3.63) is 54.7 Å². The van der Waals surface area contributed by atoms with Crippen LogP contribution in [0.5, 0.6) is 11.5 Å². The summed E-state index contributed by atoms with van der Waals surface area (Å²) in [5.41, 5.74) is 2.25. The van der Waals surface area contributed by atoms with Crippen molar-refractivity contribution in [1.82, 2.24) is 19.7 Å². The first-order valence-electron chi connectivity index (χ1n) is 9.88. The van der Waals surface area contributed by atoms with Gasteiger partial charge < -0.3 is 25.2 Å². The summed E-state index contributed by atoms with van der Waals surface area (Å²) in [6.07, 6.45) is 2.32. The average molecular weight is 420 g/mol. The van der Waals surface area contributed by atoms with Gasteiger partial charge in [-0.25, -0.2) is 4.68 Å². The van der Waals surface area contributed by atoms with E-state index in [1.54, 1.807) is 25.1 Å². The lowest BCUT2D eigenvalue weighted by Gasteiger charge is -2.14. The van der Waals surface area contributed by atoms with E-state index in [0.717, 1.165) is 11.1 Å². The monoisotopic (exact) mass is 420 g/mol. The summed E-state index contributed by atoms with van der Waals surface area (Å²) in [5.74, 6) is 2.35. The lowest BCUT2D eigenvalue weighted by Crippen LogP contribution is -2.09. The molecule has 2 aromatic heterocycles. The Labute approximate surface area is 179 Å². The maximum Gasteiger partial charge on any atom is 0.226 e. The molecule has 0 amide bonds.